The number of ether oxygens (including phenoxy) is 1. The Bertz CT molecular complexity index is 876. The van der Waals surface area contributed by atoms with Crippen molar-refractivity contribution in [3.8, 4) is 5.75 Å². The van der Waals surface area contributed by atoms with Crippen molar-refractivity contribution in [2.75, 3.05) is 7.11 Å². The summed E-state index contributed by atoms with van der Waals surface area (Å²) >= 11 is 0. The first-order valence-corrected chi connectivity index (χ1v) is 8.95. The molecule has 0 unspecified atom stereocenters. The maximum atomic E-state index is 13.4. The smallest absolute Gasteiger partial charge is 0.242 e. The Hall–Kier alpha value is -2.69. The van der Waals surface area contributed by atoms with Crippen molar-refractivity contribution in [3.63, 3.8) is 0 Å². The van der Waals surface area contributed by atoms with Crippen molar-refractivity contribution in [1.82, 2.24) is 5.01 Å². The van der Waals surface area contributed by atoms with E-state index in [1.165, 1.54) is 17.7 Å². The van der Waals surface area contributed by atoms with E-state index in [1.807, 2.05) is 19.1 Å². The first kappa shape index (κ1) is 16.8. The fraction of sp³-hybridized carbons (Fsp3) is 0.333. The molecule has 4 rings (SSSR count). The summed E-state index contributed by atoms with van der Waals surface area (Å²) in [6.45, 7) is 1.84. The highest BCUT2D eigenvalue weighted by Crippen LogP contribution is 2.44. The van der Waals surface area contributed by atoms with Crippen molar-refractivity contribution in [1.29, 1.82) is 0 Å². The van der Waals surface area contributed by atoms with E-state index in [2.05, 4.69) is 6.07 Å². The highest BCUT2D eigenvalue weighted by atomic mass is 19.1. The SMILES string of the molecule is CCC(=O)N1N=C2c3cc(OC)ccc3CC[C@H]2[C@H]1c1ccc(F)cc1. The van der Waals surface area contributed by atoms with Gasteiger partial charge in [-0.3, -0.25) is 4.79 Å². The molecule has 0 fully saturated rings. The molecule has 0 spiro atoms. The Labute approximate surface area is 152 Å². The molecule has 26 heavy (non-hydrogen) atoms. The Balaban J connectivity index is 1.80. The number of rotatable bonds is 3. The lowest BCUT2D eigenvalue weighted by Gasteiger charge is -2.29. The van der Waals surface area contributed by atoms with Gasteiger partial charge in [-0.2, -0.15) is 5.10 Å². The summed E-state index contributed by atoms with van der Waals surface area (Å²) in [4.78, 5) is 12.6. The summed E-state index contributed by atoms with van der Waals surface area (Å²) in [6, 6.07) is 12.3. The number of hydrogen-bond acceptors (Lipinski definition) is 3. The van der Waals surface area contributed by atoms with Crippen LogP contribution in [0.2, 0.25) is 0 Å². The monoisotopic (exact) mass is 352 g/mol. The zero-order chi connectivity index (χ0) is 18.3. The van der Waals surface area contributed by atoms with Gasteiger partial charge < -0.3 is 4.74 Å². The third kappa shape index (κ3) is 2.68. The Morgan fingerprint density at radius 3 is 2.73 bits per heavy atom. The van der Waals surface area contributed by atoms with Crippen molar-refractivity contribution >= 4 is 11.6 Å². The van der Waals surface area contributed by atoms with Crippen LogP contribution in [0.3, 0.4) is 0 Å². The molecule has 134 valence electrons. The fourth-order valence-corrected chi connectivity index (χ4v) is 3.98. The lowest BCUT2D eigenvalue weighted by atomic mass is 9.77. The van der Waals surface area contributed by atoms with Crippen molar-refractivity contribution in [2.24, 2.45) is 11.0 Å². The molecule has 2 aromatic carbocycles. The molecule has 0 N–H and O–H groups in total. The molecular formula is C21H21FN2O2. The van der Waals surface area contributed by atoms with Gasteiger partial charge in [-0.15, -0.1) is 0 Å². The van der Waals surface area contributed by atoms with Crippen molar-refractivity contribution in [3.05, 3.63) is 65.0 Å². The van der Waals surface area contributed by atoms with Crippen LogP contribution < -0.4 is 4.74 Å². The number of aryl methyl sites for hydroxylation is 1. The second kappa shape index (κ2) is 6.56. The van der Waals surface area contributed by atoms with E-state index in [-0.39, 0.29) is 23.7 Å². The van der Waals surface area contributed by atoms with E-state index in [0.717, 1.165) is 35.4 Å². The molecule has 2 aromatic rings. The summed E-state index contributed by atoms with van der Waals surface area (Å²) < 4.78 is 18.8. The Morgan fingerprint density at radius 2 is 2.04 bits per heavy atom. The average Bonchev–Trinajstić information content (AvgIpc) is 3.07. The second-order valence-electron chi connectivity index (χ2n) is 6.74. The van der Waals surface area contributed by atoms with Gasteiger partial charge in [0.2, 0.25) is 5.91 Å². The molecule has 0 aromatic heterocycles. The van der Waals surface area contributed by atoms with Crippen LogP contribution in [0.4, 0.5) is 4.39 Å². The third-order valence-electron chi connectivity index (χ3n) is 5.30. The van der Waals surface area contributed by atoms with Crippen LogP contribution in [0, 0.1) is 11.7 Å². The van der Waals surface area contributed by atoms with E-state index in [1.54, 1.807) is 24.3 Å². The summed E-state index contributed by atoms with van der Waals surface area (Å²) in [5.41, 5.74) is 4.13. The molecule has 2 aliphatic rings. The molecule has 2 atom stereocenters. The number of nitrogens with zero attached hydrogens (tertiary/aromatic N) is 2. The van der Waals surface area contributed by atoms with Crippen molar-refractivity contribution < 1.29 is 13.9 Å². The summed E-state index contributed by atoms with van der Waals surface area (Å²) in [6.07, 6.45) is 2.22. The Kier molecular flexibility index (Phi) is 4.23. The van der Waals surface area contributed by atoms with Crippen LogP contribution in [0.5, 0.6) is 5.75 Å². The number of hydrogen-bond donors (Lipinski definition) is 0. The normalized spacial score (nSPS) is 21.0. The molecule has 1 aliphatic carbocycles. The fourth-order valence-electron chi connectivity index (χ4n) is 3.98. The maximum absolute atomic E-state index is 13.4. The van der Waals surface area contributed by atoms with Crippen LogP contribution in [-0.4, -0.2) is 23.7 Å². The van der Waals surface area contributed by atoms with Crippen LogP contribution in [0.25, 0.3) is 0 Å². The number of carbonyl (C=O) groups excluding carboxylic acids is 1. The number of methoxy groups -OCH3 is 1. The highest BCUT2D eigenvalue weighted by molar-refractivity contribution is 6.07. The number of fused-ring (bicyclic) bond motifs is 3. The minimum absolute atomic E-state index is 0.0225. The predicted octanol–water partition coefficient (Wildman–Crippen LogP) is 4.09. The topological polar surface area (TPSA) is 41.9 Å². The zero-order valence-corrected chi connectivity index (χ0v) is 14.9. The number of amides is 1. The van der Waals surface area contributed by atoms with Gasteiger partial charge in [0, 0.05) is 17.9 Å². The molecule has 0 bridgehead atoms. The minimum Gasteiger partial charge on any atom is -0.497 e. The molecular weight excluding hydrogens is 331 g/mol. The number of carbonyl (C=O) groups is 1. The molecule has 0 radical (unpaired) electrons. The average molecular weight is 352 g/mol. The van der Waals surface area contributed by atoms with E-state index >= 15 is 0 Å². The van der Waals surface area contributed by atoms with Gasteiger partial charge in [-0.25, -0.2) is 9.40 Å². The van der Waals surface area contributed by atoms with E-state index in [4.69, 9.17) is 9.84 Å². The van der Waals surface area contributed by atoms with Gasteiger partial charge in [-0.1, -0.05) is 25.1 Å². The van der Waals surface area contributed by atoms with Gasteiger partial charge in [0.25, 0.3) is 0 Å². The summed E-state index contributed by atoms with van der Waals surface area (Å²) in [7, 11) is 1.65. The predicted molar refractivity (Wildman–Crippen MR) is 97.6 cm³/mol. The molecule has 4 nitrogen and oxygen atoms in total. The minimum atomic E-state index is -0.278. The largest absolute Gasteiger partial charge is 0.497 e. The van der Waals surface area contributed by atoms with Crippen LogP contribution in [-0.2, 0) is 11.2 Å². The standard InChI is InChI=1S/C21H21FN2O2/c1-3-19(25)24-21(14-4-8-15(22)9-5-14)17-11-7-13-6-10-16(26-2)12-18(13)20(17)23-24/h4-6,8-10,12,17,21H,3,7,11H2,1-2H3/t17-,21-/m1/s1. The molecule has 1 heterocycles. The van der Waals surface area contributed by atoms with Gasteiger partial charge in [0.15, 0.2) is 0 Å². The molecule has 5 heteroatoms. The number of halogens is 1. The summed E-state index contributed by atoms with van der Waals surface area (Å²) in [5.74, 6) is 0.590. The van der Waals surface area contributed by atoms with Crippen LogP contribution >= 0.6 is 0 Å². The third-order valence-corrected chi connectivity index (χ3v) is 5.30. The summed E-state index contributed by atoms with van der Waals surface area (Å²) in [5, 5.41) is 6.33. The lowest BCUT2D eigenvalue weighted by molar-refractivity contribution is -0.133. The molecule has 1 aliphatic heterocycles. The van der Waals surface area contributed by atoms with E-state index in [9.17, 15) is 9.18 Å². The van der Waals surface area contributed by atoms with Crippen LogP contribution in [0.1, 0.15) is 42.5 Å². The van der Waals surface area contributed by atoms with E-state index in [0.29, 0.717) is 6.42 Å². The van der Waals surface area contributed by atoms with Crippen molar-refractivity contribution in [2.45, 2.75) is 32.2 Å². The molecule has 0 saturated carbocycles. The maximum Gasteiger partial charge on any atom is 0.242 e. The highest BCUT2D eigenvalue weighted by Gasteiger charge is 2.43. The number of hydrazone groups is 1. The number of benzene rings is 2. The second-order valence-corrected chi connectivity index (χ2v) is 6.74. The first-order valence-electron chi connectivity index (χ1n) is 8.95. The molecule has 1 amide bonds. The van der Waals surface area contributed by atoms with Gasteiger partial charge in [-0.05, 0) is 48.2 Å². The quantitative estimate of drug-likeness (QED) is 0.835. The first-order chi connectivity index (χ1) is 12.6. The zero-order valence-electron chi connectivity index (χ0n) is 14.9. The van der Waals surface area contributed by atoms with Crippen LogP contribution in [0.15, 0.2) is 47.6 Å². The van der Waals surface area contributed by atoms with Gasteiger partial charge in [0.05, 0.1) is 18.9 Å². The van der Waals surface area contributed by atoms with E-state index < -0.39 is 0 Å². The molecule has 0 saturated heterocycles. The Morgan fingerprint density at radius 1 is 1.27 bits per heavy atom. The van der Waals surface area contributed by atoms with Gasteiger partial charge in [0.1, 0.15) is 11.6 Å². The lowest BCUT2D eigenvalue weighted by Crippen LogP contribution is -2.31. The van der Waals surface area contributed by atoms with Gasteiger partial charge >= 0.3 is 0 Å².